The number of nitrogens with one attached hydrogen (secondary N) is 1. The van der Waals surface area contributed by atoms with Crippen LogP contribution in [0.1, 0.15) is 12.2 Å². The van der Waals surface area contributed by atoms with E-state index in [0.29, 0.717) is 25.7 Å². The van der Waals surface area contributed by atoms with Crippen LogP contribution in [0.4, 0.5) is 0 Å². The fourth-order valence-electron chi connectivity index (χ4n) is 3.40. The van der Waals surface area contributed by atoms with E-state index in [2.05, 4.69) is 40.5 Å². The molecule has 1 unspecified atom stereocenters. The number of benzene rings is 1. The van der Waals surface area contributed by atoms with Gasteiger partial charge in [0, 0.05) is 56.3 Å². The number of aliphatic imine (C=N–C) groups is 1. The summed E-state index contributed by atoms with van der Waals surface area (Å²) in [6.07, 6.45) is 3.66. The van der Waals surface area contributed by atoms with Gasteiger partial charge in [-0.15, -0.1) is 35.7 Å². The van der Waals surface area contributed by atoms with Gasteiger partial charge in [0.25, 0.3) is 0 Å². The van der Waals surface area contributed by atoms with Crippen molar-refractivity contribution >= 4 is 41.7 Å². The molecule has 2 aromatic rings. The summed E-state index contributed by atoms with van der Waals surface area (Å²) in [5.41, 5.74) is 0. The lowest BCUT2D eigenvalue weighted by atomic mass is 10.1. The first-order chi connectivity index (χ1) is 14.8. The molecule has 0 saturated carbocycles. The third-order valence-electron chi connectivity index (χ3n) is 4.97. The van der Waals surface area contributed by atoms with E-state index >= 15 is 0 Å². The van der Waals surface area contributed by atoms with Crippen LogP contribution in [-0.4, -0.2) is 69.7 Å². The molecule has 172 valence electrons. The largest absolute Gasteiger partial charge is 0.469 e. The van der Waals surface area contributed by atoms with Gasteiger partial charge in [0.2, 0.25) is 0 Å². The first-order valence-electron chi connectivity index (χ1n) is 10.7. The number of rotatable bonds is 12. The first kappa shape index (κ1) is 26.0. The molecule has 3 rings (SSSR count). The number of ether oxygens (including phenoxy) is 2. The van der Waals surface area contributed by atoms with Crippen molar-refractivity contribution in [1.29, 1.82) is 0 Å². The molecule has 1 aromatic carbocycles. The lowest BCUT2D eigenvalue weighted by Crippen LogP contribution is -2.41. The molecule has 1 atom stereocenters. The van der Waals surface area contributed by atoms with Crippen LogP contribution < -0.4 is 5.32 Å². The summed E-state index contributed by atoms with van der Waals surface area (Å²) in [4.78, 5) is 8.53. The van der Waals surface area contributed by atoms with Crippen molar-refractivity contribution in [1.82, 2.24) is 10.2 Å². The standard InChI is InChI=1S/C23H33N3O3S.HI/c1-27-15-16-28-19-20-10-13-26(18-20)23(24-11-9-21-6-5-14-29-21)25-12-17-30-22-7-3-2-4-8-22;/h2-8,14,20H,9-13,15-19H2,1H3,(H,24,25);1H. The molecule has 1 aromatic heterocycles. The zero-order valence-corrected chi connectivity index (χ0v) is 21.3. The predicted octanol–water partition coefficient (Wildman–Crippen LogP) is 4.16. The van der Waals surface area contributed by atoms with Crippen LogP contribution in [0.5, 0.6) is 0 Å². The number of furan rings is 1. The van der Waals surface area contributed by atoms with Gasteiger partial charge in [-0.05, 0) is 30.7 Å². The second kappa shape index (κ2) is 15.6. The van der Waals surface area contributed by atoms with Crippen LogP contribution >= 0.6 is 35.7 Å². The number of nitrogens with zero attached hydrogens (tertiary/aromatic N) is 2. The normalized spacial score (nSPS) is 16.4. The molecule has 8 heteroatoms. The van der Waals surface area contributed by atoms with Gasteiger partial charge in [-0.25, -0.2) is 0 Å². The highest BCUT2D eigenvalue weighted by molar-refractivity contribution is 14.0. The van der Waals surface area contributed by atoms with E-state index in [9.17, 15) is 0 Å². The molecule has 0 bridgehead atoms. The minimum atomic E-state index is 0. The summed E-state index contributed by atoms with van der Waals surface area (Å²) in [5, 5.41) is 3.57. The SMILES string of the molecule is COCCOCC1CCN(C(=NCCc2ccco2)NCCSc2ccccc2)C1.I. The first-order valence-corrected chi connectivity index (χ1v) is 11.6. The Morgan fingerprint density at radius 3 is 2.87 bits per heavy atom. The van der Waals surface area contributed by atoms with Gasteiger partial charge in [0.05, 0.1) is 26.1 Å². The molecule has 6 nitrogen and oxygen atoms in total. The summed E-state index contributed by atoms with van der Waals surface area (Å²) in [7, 11) is 1.70. The minimum Gasteiger partial charge on any atom is -0.469 e. The predicted molar refractivity (Wildman–Crippen MR) is 138 cm³/mol. The second-order valence-electron chi connectivity index (χ2n) is 7.29. The quantitative estimate of drug-likeness (QED) is 0.139. The van der Waals surface area contributed by atoms with Crippen molar-refractivity contribution in [2.45, 2.75) is 17.7 Å². The number of thioether (sulfide) groups is 1. The third-order valence-corrected chi connectivity index (χ3v) is 5.98. The number of hydrogen-bond donors (Lipinski definition) is 1. The minimum absolute atomic E-state index is 0. The lowest BCUT2D eigenvalue weighted by Gasteiger charge is -2.22. The summed E-state index contributed by atoms with van der Waals surface area (Å²) in [6, 6.07) is 14.4. The average molecular weight is 560 g/mol. The van der Waals surface area contributed by atoms with Crippen LogP contribution in [0.15, 0.2) is 63.0 Å². The highest BCUT2D eigenvalue weighted by Gasteiger charge is 2.25. The van der Waals surface area contributed by atoms with E-state index < -0.39 is 0 Å². The number of hydrogen-bond acceptors (Lipinski definition) is 5. The van der Waals surface area contributed by atoms with E-state index in [1.165, 1.54) is 4.90 Å². The maximum Gasteiger partial charge on any atom is 0.193 e. The van der Waals surface area contributed by atoms with Gasteiger partial charge >= 0.3 is 0 Å². The molecule has 0 aliphatic carbocycles. The van der Waals surface area contributed by atoms with Crippen LogP contribution in [0.2, 0.25) is 0 Å². The third kappa shape index (κ3) is 9.84. The number of likely N-dealkylation sites (tertiary alicyclic amines) is 1. The van der Waals surface area contributed by atoms with Gasteiger partial charge < -0.3 is 24.1 Å². The molecular formula is C23H34IN3O3S. The Balaban J connectivity index is 0.00000341. The summed E-state index contributed by atoms with van der Waals surface area (Å²) >= 11 is 1.86. The van der Waals surface area contributed by atoms with Gasteiger partial charge in [-0.2, -0.15) is 0 Å². The Hall–Kier alpha value is -1.23. The molecule has 0 spiro atoms. The van der Waals surface area contributed by atoms with Gasteiger partial charge in [-0.1, -0.05) is 18.2 Å². The topological polar surface area (TPSA) is 59.2 Å². The second-order valence-corrected chi connectivity index (χ2v) is 8.46. The molecular weight excluding hydrogens is 525 g/mol. The molecule has 1 saturated heterocycles. The van der Waals surface area contributed by atoms with Crippen molar-refractivity contribution in [3.8, 4) is 0 Å². The Morgan fingerprint density at radius 1 is 1.23 bits per heavy atom. The van der Waals surface area contributed by atoms with Crippen LogP contribution in [0.25, 0.3) is 0 Å². The zero-order chi connectivity index (χ0) is 20.9. The number of guanidine groups is 1. The average Bonchev–Trinajstić information content (AvgIpc) is 3.46. The van der Waals surface area contributed by atoms with Crippen LogP contribution in [0.3, 0.4) is 0 Å². The van der Waals surface area contributed by atoms with E-state index in [-0.39, 0.29) is 24.0 Å². The Morgan fingerprint density at radius 2 is 2.10 bits per heavy atom. The Kier molecular flexibility index (Phi) is 13.1. The fraction of sp³-hybridized carbons (Fsp3) is 0.522. The van der Waals surface area contributed by atoms with Crippen molar-refractivity contribution in [3.05, 3.63) is 54.5 Å². The highest BCUT2D eigenvalue weighted by atomic mass is 127. The summed E-state index contributed by atoms with van der Waals surface area (Å²) in [5.74, 6) is 3.51. The highest BCUT2D eigenvalue weighted by Crippen LogP contribution is 2.18. The fourth-order valence-corrected chi connectivity index (χ4v) is 4.19. The smallest absolute Gasteiger partial charge is 0.193 e. The van der Waals surface area contributed by atoms with Crippen molar-refractivity contribution in [2.75, 3.05) is 58.9 Å². The molecule has 2 heterocycles. The van der Waals surface area contributed by atoms with Gasteiger partial charge in [0.15, 0.2) is 5.96 Å². The molecule has 1 fully saturated rings. The zero-order valence-electron chi connectivity index (χ0n) is 18.2. The molecule has 1 aliphatic rings. The number of methoxy groups -OCH3 is 1. The Labute approximate surface area is 207 Å². The molecule has 0 amide bonds. The number of halogens is 1. The Bertz CT molecular complexity index is 731. The van der Waals surface area contributed by atoms with Gasteiger partial charge in [-0.3, -0.25) is 4.99 Å². The van der Waals surface area contributed by atoms with E-state index in [1.54, 1.807) is 13.4 Å². The van der Waals surface area contributed by atoms with Crippen LogP contribution in [0, 0.1) is 5.92 Å². The van der Waals surface area contributed by atoms with E-state index in [4.69, 9.17) is 18.9 Å². The van der Waals surface area contributed by atoms with Gasteiger partial charge in [0.1, 0.15) is 5.76 Å². The summed E-state index contributed by atoms with van der Waals surface area (Å²) < 4.78 is 16.2. The van der Waals surface area contributed by atoms with Crippen molar-refractivity contribution in [3.63, 3.8) is 0 Å². The van der Waals surface area contributed by atoms with E-state index in [1.807, 2.05) is 23.9 Å². The maximum atomic E-state index is 5.74. The van der Waals surface area contributed by atoms with Crippen molar-refractivity contribution in [2.24, 2.45) is 10.9 Å². The van der Waals surface area contributed by atoms with Crippen LogP contribution in [-0.2, 0) is 15.9 Å². The molecule has 31 heavy (non-hydrogen) atoms. The summed E-state index contributed by atoms with van der Waals surface area (Å²) in [6.45, 7) is 5.67. The molecule has 1 N–H and O–H groups in total. The van der Waals surface area contributed by atoms with Crippen molar-refractivity contribution < 1.29 is 13.9 Å². The van der Waals surface area contributed by atoms with E-state index in [0.717, 1.165) is 56.6 Å². The molecule has 0 radical (unpaired) electrons. The monoisotopic (exact) mass is 559 g/mol. The molecule has 1 aliphatic heterocycles. The maximum absolute atomic E-state index is 5.74. The lowest BCUT2D eigenvalue weighted by molar-refractivity contribution is 0.0536.